The first-order chi connectivity index (χ1) is 10.2. The number of aryl methyl sites for hydroxylation is 1. The number of hydrogen-bond acceptors (Lipinski definition) is 3. The lowest BCUT2D eigenvalue weighted by Gasteiger charge is -2.09. The number of benzene rings is 2. The average Bonchev–Trinajstić information content (AvgIpc) is 2.38. The summed E-state index contributed by atoms with van der Waals surface area (Å²) in [6, 6.07) is 6.15. The Morgan fingerprint density at radius 1 is 1.09 bits per heavy atom. The van der Waals surface area contributed by atoms with Gasteiger partial charge >= 0.3 is 0 Å². The molecule has 0 atom stereocenters. The monoisotopic (exact) mass is 327 g/mol. The van der Waals surface area contributed by atoms with E-state index in [9.17, 15) is 22.0 Å². The molecule has 2 aromatic carbocycles. The fourth-order valence-electron chi connectivity index (χ4n) is 1.84. The molecule has 2 N–H and O–H groups in total. The highest BCUT2D eigenvalue weighted by Gasteiger charge is 2.15. The molecule has 0 spiro atoms. The second kappa shape index (κ2) is 5.82. The maximum Gasteiger partial charge on any atom is 0.294 e. The second-order valence-corrected chi connectivity index (χ2v) is 5.96. The quantitative estimate of drug-likeness (QED) is 0.849. The van der Waals surface area contributed by atoms with Crippen molar-refractivity contribution >= 4 is 21.7 Å². The highest BCUT2D eigenvalue weighted by Crippen LogP contribution is 2.20. The average molecular weight is 327 g/mol. The van der Waals surface area contributed by atoms with Crippen molar-refractivity contribution in [2.45, 2.75) is 11.8 Å². The van der Waals surface area contributed by atoms with Crippen molar-refractivity contribution in [3.63, 3.8) is 0 Å². The van der Waals surface area contributed by atoms with Gasteiger partial charge in [0.25, 0.3) is 16.0 Å². The van der Waals surface area contributed by atoms with Crippen molar-refractivity contribution in [1.82, 2.24) is 0 Å². The molecule has 116 valence electrons. The van der Waals surface area contributed by atoms with Crippen LogP contribution >= 0.6 is 0 Å². The lowest BCUT2D eigenvalue weighted by Crippen LogP contribution is -2.13. The molecule has 1 amide bonds. The van der Waals surface area contributed by atoms with Crippen LogP contribution in [0.5, 0.6) is 0 Å². The van der Waals surface area contributed by atoms with Gasteiger partial charge in [0, 0.05) is 17.3 Å². The number of hydrogen-bond donors (Lipinski definition) is 2. The Balaban J connectivity index is 2.33. The first kappa shape index (κ1) is 16.1. The SMILES string of the molecule is Cc1ccc(NC(=O)c2cc(F)cc(F)c2)cc1S(=O)(=O)O. The van der Waals surface area contributed by atoms with Crippen LogP contribution in [0, 0.1) is 18.6 Å². The molecule has 22 heavy (non-hydrogen) atoms. The fraction of sp³-hybridized carbons (Fsp3) is 0.0714. The summed E-state index contributed by atoms with van der Waals surface area (Å²) in [4.78, 5) is 11.5. The molecule has 0 heterocycles. The molecule has 0 aliphatic carbocycles. The number of amides is 1. The van der Waals surface area contributed by atoms with E-state index in [-0.39, 0.29) is 21.7 Å². The zero-order valence-corrected chi connectivity index (χ0v) is 12.1. The van der Waals surface area contributed by atoms with Crippen LogP contribution in [0.4, 0.5) is 14.5 Å². The van der Waals surface area contributed by atoms with Gasteiger partial charge in [0.15, 0.2) is 0 Å². The molecule has 0 unspecified atom stereocenters. The van der Waals surface area contributed by atoms with Gasteiger partial charge < -0.3 is 5.32 Å². The standard InChI is InChI=1S/C14H11F2NO4S/c1-8-2-3-12(7-13(8)22(19,20)21)17-14(18)9-4-10(15)6-11(16)5-9/h2-7H,1H3,(H,17,18)(H,19,20,21). The molecule has 0 radical (unpaired) electrons. The zero-order valence-electron chi connectivity index (χ0n) is 11.3. The van der Waals surface area contributed by atoms with E-state index in [2.05, 4.69) is 5.32 Å². The van der Waals surface area contributed by atoms with Crippen LogP contribution in [0.25, 0.3) is 0 Å². The second-order valence-electron chi connectivity index (χ2n) is 4.57. The van der Waals surface area contributed by atoms with Crippen LogP contribution in [-0.4, -0.2) is 18.9 Å². The summed E-state index contributed by atoms with van der Waals surface area (Å²) in [6.07, 6.45) is 0. The Bertz CT molecular complexity index is 830. The topological polar surface area (TPSA) is 83.5 Å². The third-order valence-electron chi connectivity index (χ3n) is 2.85. The van der Waals surface area contributed by atoms with Crippen molar-refractivity contribution in [3.05, 3.63) is 59.2 Å². The molecule has 8 heteroatoms. The van der Waals surface area contributed by atoms with Gasteiger partial charge in [-0.2, -0.15) is 8.42 Å². The van der Waals surface area contributed by atoms with Crippen molar-refractivity contribution in [1.29, 1.82) is 0 Å². The van der Waals surface area contributed by atoms with Gasteiger partial charge in [0.05, 0.1) is 4.90 Å². The minimum atomic E-state index is -4.44. The third kappa shape index (κ3) is 3.66. The van der Waals surface area contributed by atoms with Crippen molar-refractivity contribution in [2.75, 3.05) is 5.32 Å². The minimum Gasteiger partial charge on any atom is -0.322 e. The van der Waals surface area contributed by atoms with Crippen molar-refractivity contribution < 1.29 is 26.5 Å². The number of carbonyl (C=O) groups is 1. The van der Waals surface area contributed by atoms with E-state index in [1.807, 2.05) is 0 Å². The summed E-state index contributed by atoms with van der Waals surface area (Å²) in [7, 11) is -4.44. The number of nitrogens with one attached hydrogen (secondary N) is 1. The van der Waals surface area contributed by atoms with Crippen molar-refractivity contribution in [2.24, 2.45) is 0 Å². The van der Waals surface area contributed by atoms with Crippen LogP contribution in [0.15, 0.2) is 41.3 Å². The molecule has 0 saturated carbocycles. The molecular formula is C14H11F2NO4S. The van der Waals surface area contributed by atoms with Gasteiger partial charge in [-0.3, -0.25) is 9.35 Å². The lowest BCUT2D eigenvalue weighted by atomic mass is 10.2. The fourth-order valence-corrected chi connectivity index (χ4v) is 2.59. The highest BCUT2D eigenvalue weighted by molar-refractivity contribution is 7.85. The summed E-state index contributed by atoms with van der Waals surface area (Å²) in [5, 5.41) is 2.30. The lowest BCUT2D eigenvalue weighted by molar-refractivity contribution is 0.102. The third-order valence-corrected chi connectivity index (χ3v) is 3.84. The van der Waals surface area contributed by atoms with Crippen molar-refractivity contribution in [3.8, 4) is 0 Å². The Kier molecular flexibility index (Phi) is 4.25. The molecule has 2 rings (SSSR count). The van der Waals surface area contributed by atoms with Gasteiger partial charge in [-0.25, -0.2) is 8.78 Å². The number of anilines is 1. The van der Waals surface area contributed by atoms with Crippen LogP contribution in [0.2, 0.25) is 0 Å². The van der Waals surface area contributed by atoms with Gasteiger partial charge in [0.1, 0.15) is 11.6 Å². The maximum atomic E-state index is 13.1. The van der Waals surface area contributed by atoms with E-state index in [0.717, 1.165) is 18.2 Å². The normalized spacial score (nSPS) is 11.3. The van der Waals surface area contributed by atoms with E-state index in [0.29, 0.717) is 6.07 Å². The molecule has 0 saturated heterocycles. The van der Waals surface area contributed by atoms with Gasteiger partial charge in [-0.1, -0.05) is 6.07 Å². The molecule has 0 aliphatic heterocycles. The zero-order chi connectivity index (χ0) is 16.5. The van der Waals surface area contributed by atoms with E-state index < -0.39 is 27.7 Å². The molecule has 0 bridgehead atoms. The number of rotatable bonds is 3. The van der Waals surface area contributed by atoms with Crippen LogP contribution in [0.3, 0.4) is 0 Å². The van der Waals surface area contributed by atoms with E-state index >= 15 is 0 Å². The molecule has 0 aromatic heterocycles. The Morgan fingerprint density at radius 2 is 1.68 bits per heavy atom. The summed E-state index contributed by atoms with van der Waals surface area (Å²) in [6.45, 7) is 1.47. The highest BCUT2D eigenvalue weighted by atomic mass is 32.2. The van der Waals surface area contributed by atoms with Crippen LogP contribution in [0.1, 0.15) is 15.9 Å². The summed E-state index contributed by atoms with van der Waals surface area (Å²) in [5.74, 6) is -2.64. The van der Waals surface area contributed by atoms with Gasteiger partial charge in [-0.15, -0.1) is 0 Å². The molecule has 0 fully saturated rings. The summed E-state index contributed by atoms with van der Waals surface area (Å²) in [5.41, 5.74) is 0.0941. The van der Waals surface area contributed by atoms with Crippen LogP contribution < -0.4 is 5.32 Å². The maximum absolute atomic E-state index is 13.1. The van der Waals surface area contributed by atoms with E-state index in [1.165, 1.54) is 19.1 Å². The van der Waals surface area contributed by atoms with E-state index in [1.54, 1.807) is 0 Å². The predicted molar refractivity (Wildman–Crippen MR) is 75.3 cm³/mol. The first-order valence-electron chi connectivity index (χ1n) is 6.02. The predicted octanol–water partition coefficient (Wildman–Crippen LogP) is 2.77. The van der Waals surface area contributed by atoms with Gasteiger partial charge in [-0.05, 0) is 36.8 Å². The van der Waals surface area contributed by atoms with Crippen LogP contribution in [-0.2, 0) is 10.1 Å². The summed E-state index contributed by atoms with van der Waals surface area (Å²) < 4.78 is 57.6. The smallest absolute Gasteiger partial charge is 0.294 e. The Hall–Kier alpha value is -2.32. The number of carbonyl (C=O) groups excluding carboxylic acids is 1. The Labute approximate surface area is 125 Å². The largest absolute Gasteiger partial charge is 0.322 e. The molecule has 2 aromatic rings. The first-order valence-corrected chi connectivity index (χ1v) is 7.46. The van der Waals surface area contributed by atoms with Gasteiger partial charge in [0.2, 0.25) is 0 Å². The minimum absolute atomic E-state index is 0.0629. The summed E-state index contributed by atoms with van der Waals surface area (Å²) >= 11 is 0. The molecular weight excluding hydrogens is 316 g/mol. The Morgan fingerprint density at radius 3 is 2.23 bits per heavy atom. The molecule has 0 aliphatic rings. The van der Waals surface area contributed by atoms with E-state index in [4.69, 9.17) is 4.55 Å². The number of halogens is 2. The molecule has 5 nitrogen and oxygen atoms in total.